The Balaban J connectivity index is 1.66. The number of amides is 2. The summed E-state index contributed by atoms with van der Waals surface area (Å²) in [6, 6.07) is 1.70. The van der Waals surface area contributed by atoms with Crippen molar-refractivity contribution in [1.29, 1.82) is 0 Å². The lowest BCUT2D eigenvalue weighted by atomic mass is 10.1. The lowest BCUT2D eigenvalue weighted by Crippen LogP contribution is -2.48. The molecule has 7 nitrogen and oxygen atoms in total. The molecule has 0 bridgehead atoms. The third-order valence-corrected chi connectivity index (χ3v) is 5.31. The molecule has 0 aromatic carbocycles. The Morgan fingerprint density at radius 1 is 1.26 bits per heavy atom. The van der Waals surface area contributed by atoms with Crippen LogP contribution in [0.15, 0.2) is 12.3 Å². The molecular formula is C19H27ClN4O3. The Bertz CT molecular complexity index is 679. The van der Waals surface area contributed by atoms with Gasteiger partial charge in [0.2, 0.25) is 0 Å². The molecule has 1 N–H and O–H groups in total. The molecule has 2 amide bonds. The summed E-state index contributed by atoms with van der Waals surface area (Å²) in [5.41, 5.74) is 0.531. The monoisotopic (exact) mass is 394 g/mol. The molecule has 27 heavy (non-hydrogen) atoms. The van der Waals surface area contributed by atoms with E-state index in [-0.39, 0.29) is 11.9 Å². The van der Waals surface area contributed by atoms with E-state index >= 15 is 0 Å². The Kier molecular flexibility index (Phi) is 6.77. The van der Waals surface area contributed by atoms with Gasteiger partial charge in [0.25, 0.3) is 5.91 Å². The molecule has 1 aromatic heterocycles. The molecule has 1 aromatic rings. The van der Waals surface area contributed by atoms with Crippen LogP contribution < -0.4 is 10.2 Å². The van der Waals surface area contributed by atoms with Crippen molar-refractivity contribution in [1.82, 2.24) is 15.2 Å². The number of pyridine rings is 1. The van der Waals surface area contributed by atoms with Gasteiger partial charge >= 0.3 is 6.09 Å². The first-order chi connectivity index (χ1) is 13.1. The summed E-state index contributed by atoms with van der Waals surface area (Å²) in [6.07, 6.45) is 6.30. The van der Waals surface area contributed by atoms with Crippen LogP contribution in [-0.2, 0) is 4.74 Å². The van der Waals surface area contributed by atoms with E-state index in [0.717, 1.165) is 45.3 Å². The van der Waals surface area contributed by atoms with Crippen molar-refractivity contribution in [2.24, 2.45) is 0 Å². The predicted octanol–water partition coefficient (Wildman–Crippen LogP) is 3.08. The second-order valence-corrected chi connectivity index (χ2v) is 7.44. The van der Waals surface area contributed by atoms with Crippen LogP contribution in [0.1, 0.15) is 49.4 Å². The van der Waals surface area contributed by atoms with Gasteiger partial charge in [0.05, 0.1) is 17.2 Å². The maximum absolute atomic E-state index is 12.6. The highest BCUT2D eigenvalue weighted by Crippen LogP contribution is 2.27. The maximum Gasteiger partial charge on any atom is 0.407 e. The fraction of sp³-hybridized carbons (Fsp3) is 0.632. The number of anilines is 1. The summed E-state index contributed by atoms with van der Waals surface area (Å²) in [7, 11) is 0. The minimum Gasteiger partial charge on any atom is -0.450 e. The van der Waals surface area contributed by atoms with Crippen LogP contribution in [0.25, 0.3) is 0 Å². The van der Waals surface area contributed by atoms with Gasteiger partial charge in [-0.3, -0.25) is 4.79 Å². The quantitative estimate of drug-likeness (QED) is 0.849. The molecule has 1 atom stereocenters. The lowest BCUT2D eigenvalue weighted by molar-refractivity contribution is 0.0724. The van der Waals surface area contributed by atoms with Crippen LogP contribution in [0.5, 0.6) is 0 Å². The van der Waals surface area contributed by atoms with Crippen molar-refractivity contribution in [2.45, 2.75) is 45.1 Å². The molecule has 0 saturated carbocycles. The molecule has 0 spiro atoms. The topological polar surface area (TPSA) is 74.8 Å². The average Bonchev–Trinajstić information content (AvgIpc) is 2.68. The Hall–Kier alpha value is -2.02. The summed E-state index contributed by atoms with van der Waals surface area (Å²) >= 11 is 6.46. The van der Waals surface area contributed by atoms with Gasteiger partial charge < -0.3 is 19.9 Å². The van der Waals surface area contributed by atoms with Gasteiger partial charge in [0.15, 0.2) is 0 Å². The molecule has 2 saturated heterocycles. The van der Waals surface area contributed by atoms with Crippen molar-refractivity contribution in [3.05, 3.63) is 22.8 Å². The van der Waals surface area contributed by atoms with Crippen molar-refractivity contribution >= 4 is 29.4 Å². The number of nitrogens with zero attached hydrogens (tertiary/aromatic N) is 3. The number of nitrogens with one attached hydrogen (secondary N) is 1. The third kappa shape index (κ3) is 5.03. The number of carbonyl (C=O) groups is 2. The summed E-state index contributed by atoms with van der Waals surface area (Å²) in [4.78, 5) is 32.7. The molecule has 2 aliphatic rings. The number of rotatable bonds is 4. The predicted molar refractivity (Wildman–Crippen MR) is 104 cm³/mol. The van der Waals surface area contributed by atoms with Crippen LogP contribution in [0.3, 0.4) is 0 Å². The van der Waals surface area contributed by atoms with E-state index in [1.807, 2.05) is 4.90 Å². The average molecular weight is 395 g/mol. The zero-order valence-electron chi connectivity index (χ0n) is 15.7. The molecule has 3 rings (SSSR count). The highest BCUT2D eigenvalue weighted by Gasteiger charge is 2.25. The van der Waals surface area contributed by atoms with Crippen LogP contribution in [0.4, 0.5) is 10.6 Å². The number of carbonyl (C=O) groups excluding carboxylic acids is 2. The van der Waals surface area contributed by atoms with E-state index < -0.39 is 6.09 Å². The Labute approximate surface area is 165 Å². The maximum atomic E-state index is 12.6. The fourth-order valence-corrected chi connectivity index (χ4v) is 3.97. The van der Waals surface area contributed by atoms with E-state index in [9.17, 15) is 9.59 Å². The number of ether oxygens (including phenoxy) is 1. The second kappa shape index (κ2) is 9.26. The van der Waals surface area contributed by atoms with E-state index in [4.69, 9.17) is 16.3 Å². The smallest absolute Gasteiger partial charge is 0.407 e. The number of aromatic nitrogens is 1. The Morgan fingerprint density at radius 2 is 2.04 bits per heavy atom. The lowest BCUT2D eigenvalue weighted by Gasteiger charge is -2.34. The second-order valence-electron chi connectivity index (χ2n) is 7.03. The van der Waals surface area contributed by atoms with Gasteiger partial charge in [0, 0.05) is 38.4 Å². The summed E-state index contributed by atoms with van der Waals surface area (Å²) in [5.74, 6) is 0.651. The van der Waals surface area contributed by atoms with Gasteiger partial charge in [-0.25, -0.2) is 9.78 Å². The van der Waals surface area contributed by atoms with Gasteiger partial charge in [-0.05, 0) is 45.1 Å². The standard InChI is InChI=1S/C19H27ClN4O3/c1-2-27-19(26)22-15-7-6-10-24(13-15)17-16(20)11-14(12-21-17)18(25)23-8-4-3-5-9-23/h11-12,15H,2-10,13H2,1H3,(H,22,26). The number of alkyl carbamates (subject to hydrolysis) is 1. The molecule has 1 unspecified atom stereocenters. The number of piperidine rings is 2. The molecule has 0 aliphatic carbocycles. The van der Waals surface area contributed by atoms with Crippen molar-refractivity contribution in [3.8, 4) is 0 Å². The first-order valence-electron chi connectivity index (χ1n) is 9.71. The van der Waals surface area contributed by atoms with E-state index in [2.05, 4.69) is 15.2 Å². The highest BCUT2D eigenvalue weighted by molar-refractivity contribution is 6.33. The number of halogens is 1. The number of likely N-dealkylation sites (tertiary alicyclic amines) is 1. The first kappa shape index (κ1) is 19.7. The van der Waals surface area contributed by atoms with Crippen molar-refractivity contribution in [3.63, 3.8) is 0 Å². The van der Waals surface area contributed by atoms with Gasteiger partial charge in [-0.15, -0.1) is 0 Å². The highest BCUT2D eigenvalue weighted by atomic mass is 35.5. The molecule has 148 valence electrons. The molecule has 0 radical (unpaired) electrons. The van der Waals surface area contributed by atoms with E-state index in [0.29, 0.717) is 29.6 Å². The summed E-state index contributed by atoms with van der Waals surface area (Å²) in [5, 5.41) is 3.34. The normalized spacial score (nSPS) is 20.3. The first-order valence-corrected chi connectivity index (χ1v) is 10.1. The van der Waals surface area contributed by atoms with Crippen molar-refractivity contribution < 1.29 is 14.3 Å². The molecule has 2 aliphatic heterocycles. The van der Waals surface area contributed by atoms with Gasteiger partial charge in [0.1, 0.15) is 5.82 Å². The zero-order valence-corrected chi connectivity index (χ0v) is 16.5. The number of hydrogen-bond acceptors (Lipinski definition) is 5. The SMILES string of the molecule is CCOC(=O)NC1CCCN(c2ncc(C(=O)N3CCCCC3)cc2Cl)C1. The third-order valence-electron chi connectivity index (χ3n) is 5.03. The minimum atomic E-state index is -0.397. The van der Waals surface area contributed by atoms with Gasteiger partial charge in [-0.2, -0.15) is 0 Å². The molecule has 8 heteroatoms. The summed E-state index contributed by atoms with van der Waals surface area (Å²) in [6.45, 7) is 5.15. The fourth-order valence-electron chi connectivity index (χ4n) is 3.69. The summed E-state index contributed by atoms with van der Waals surface area (Å²) < 4.78 is 4.96. The molecule has 3 heterocycles. The zero-order chi connectivity index (χ0) is 19.2. The van der Waals surface area contributed by atoms with Crippen LogP contribution in [0.2, 0.25) is 5.02 Å². The van der Waals surface area contributed by atoms with Gasteiger partial charge in [-0.1, -0.05) is 11.6 Å². The van der Waals surface area contributed by atoms with Crippen LogP contribution >= 0.6 is 11.6 Å². The molecule has 2 fully saturated rings. The van der Waals surface area contributed by atoms with Crippen molar-refractivity contribution in [2.75, 3.05) is 37.7 Å². The largest absolute Gasteiger partial charge is 0.450 e. The Morgan fingerprint density at radius 3 is 2.74 bits per heavy atom. The number of hydrogen-bond donors (Lipinski definition) is 1. The van der Waals surface area contributed by atoms with Crippen LogP contribution in [-0.4, -0.2) is 60.7 Å². The van der Waals surface area contributed by atoms with E-state index in [1.54, 1.807) is 19.2 Å². The van der Waals surface area contributed by atoms with E-state index in [1.165, 1.54) is 6.42 Å². The van der Waals surface area contributed by atoms with Crippen LogP contribution in [0, 0.1) is 0 Å². The minimum absolute atomic E-state index is 0.00357. The molecular weight excluding hydrogens is 368 g/mol.